The van der Waals surface area contributed by atoms with E-state index in [0.717, 1.165) is 73.4 Å². The number of ether oxygens (including phenoxy) is 2. The molecule has 0 bridgehead atoms. The highest BCUT2D eigenvalue weighted by Crippen LogP contribution is 2.29. The van der Waals surface area contributed by atoms with Gasteiger partial charge in [0.1, 0.15) is 0 Å². The number of aryl methyl sites for hydroxylation is 1. The molecule has 0 spiro atoms. The Morgan fingerprint density at radius 2 is 1.93 bits per heavy atom. The maximum Gasteiger partial charge on any atom is 0.181 e. The van der Waals surface area contributed by atoms with Crippen LogP contribution in [0.2, 0.25) is 0 Å². The molecule has 0 amide bonds. The second-order valence-electron chi connectivity index (χ2n) is 7.08. The van der Waals surface area contributed by atoms with Gasteiger partial charge < -0.3 is 14.4 Å². The van der Waals surface area contributed by atoms with Gasteiger partial charge in [0.15, 0.2) is 11.5 Å². The second-order valence-corrected chi connectivity index (χ2v) is 7.08. The smallest absolute Gasteiger partial charge is 0.181 e. The number of hydrogen-bond donors (Lipinski definition) is 0. The minimum absolute atomic E-state index is 0.669. The van der Waals surface area contributed by atoms with Crippen LogP contribution in [0.1, 0.15) is 17.8 Å². The third-order valence-electron chi connectivity index (χ3n) is 5.34. The first-order valence-corrected chi connectivity index (χ1v) is 9.71. The number of rotatable bonds is 3. The van der Waals surface area contributed by atoms with Crippen LogP contribution in [0.5, 0.6) is 0 Å². The molecule has 0 aliphatic carbocycles. The van der Waals surface area contributed by atoms with Crippen molar-refractivity contribution < 1.29 is 9.47 Å². The summed E-state index contributed by atoms with van der Waals surface area (Å²) in [5.74, 6) is 0.914. The molecule has 144 valence electrons. The molecule has 7 nitrogen and oxygen atoms in total. The Labute approximate surface area is 163 Å². The van der Waals surface area contributed by atoms with Crippen LogP contribution < -0.4 is 4.90 Å². The molecule has 7 heteroatoms. The van der Waals surface area contributed by atoms with Crippen molar-refractivity contribution in [3.8, 4) is 11.3 Å². The molecule has 5 rings (SSSR count). The fourth-order valence-corrected chi connectivity index (χ4v) is 3.91. The summed E-state index contributed by atoms with van der Waals surface area (Å²) in [6.45, 7) is 6.59. The lowest BCUT2D eigenvalue weighted by Crippen LogP contribution is -2.37. The third kappa shape index (κ3) is 3.06. The van der Waals surface area contributed by atoms with Crippen molar-refractivity contribution in [1.82, 2.24) is 19.4 Å². The van der Waals surface area contributed by atoms with Gasteiger partial charge in [-0.25, -0.2) is 9.97 Å². The van der Waals surface area contributed by atoms with E-state index in [1.54, 1.807) is 0 Å². The predicted octanol–water partition coefficient (Wildman–Crippen LogP) is 2.74. The summed E-state index contributed by atoms with van der Waals surface area (Å²) in [5, 5.41) is 0. The first kappa shape index (κ1) is 17.3. The monoisotopic (exact) mass is 377 g/mol. The fourth-order valence-electron chi connectivity index (χ4n) is 3.91. The van der Waals surface area contributed by atoms with Crippen LogP contribution >= 0.6 is 0 Å². The second kappa shape index (κ2) is 7.33. The van der Waals surface area contributed by atoms with E-state index in [-0.39, 0.29) is 0 Å². The van der Waals surface area contributed by atoms with Crippen LogP contribution in [-0.4, -0.2) is 58.9 Å². The molecule has 0 saturated carbocycles. The minimum Gasteiger partial charge on any atom is -0.378 e. The van der Waals surface area contributed by atoms with Gasteiger partial charge >= 0.3 is 0 Å². The van der Waals surface area contributed by atoms with Crippen molar-refractivity contribution in [2.24, 2.45) is 0 Å². The van der Waals surface area contributed by atoms with E-state index in [2.05, 4.69) is 32.5 Å². The Morgan fingerprint density at radius 1 is 1.04 bits per heavy atom. The Hall–Kier alpha value is -2.77. The van der Waals surface area contributed by atoms with Crippen LogP contribution in [-0.2, 0) is 9.47 Å². The number of fused-ring (bicyclic) bond motifs is 1. The molecule has 1 fully saturated rings. The predicted molar refractivity (Wildman–Crippen MR) is 107 cm³/mol. The summed E-state index contributed by atoms with van der Waals surface area (Å²) in [6, 6.07) is 4.22. The van der Waals surface area contributed by atoms with Gasteiger partial charge in [-0.05, 0) is 31.1 Å². The van der Waals surface area contributed by atoms with Crippen molar-refractivity contribution >= 4 is 17.0 Å². The number of pyridine rings is 1. The van der Waals surface area contributed by atoms with Crippen LogP contribution in [0.15, 0.2) is 36.8 Å². The van der Waals surface area contributed by atoms with E-state index in [1.165, 1.54) is 5.57 Å². The Balaban J connectivity index is 1.54. The SMILES string of the molecule is Cc1nc2c(N3CCOCC3)nccn2c1-c1ccc(C2=CCOCC2)nc1. The fraction of sp³-hybridized carbons (Fsp3) is 0.381. The van der Waals surface area contributed by atoms with Gasteiger partial charge in [0.05, 0.1) is 43.5 Å². The van der Waals surface area contributed by atoms with Crippen molar-refractivity contribution in [2.45, 2.75) is 13.3 Å². The van der Waals surface area contributed by atoms with Crippen LogP contribution in [0.3, 0.4) is 0 Å². The molecule has 3 aromatic heterocycles. The molecule has 0 N–H and O–H groups in total. The Morgan fingerprint density at radius 3 is 2.68 bits per heavy atom. The summed E-state index contributed by atoms with van der Waals surface area (Å²) in [4.78, 5) is 16.4. The maximum absolute atomic E-state index is 5.48. The molecule has 2 aliphatic rings. The van der Waals surface area contributed by atoms with Gasteiger partial charge in [-0.15, -0.1) is 0 Å². The summed E-state index contributed by atoms with van der Waals surface area (Å²) >= 11 is 0. The quantitative estimate of drug-likeness (QED) is 0.699. The molecule has 0 unspecified atom stereocenters. The van der Waals surface area contributed by atoms with E-state index in [1.807, 2.05) is 25.5 Å². The molecule has 28 heavy (non-hydrogen) atoms. The highest BCUT2D eigenvalue weighted by atomic mass is 16.5. The highest BCUT2D eigenvalue weighted by Gasteiger charge is 2.20. The lowest BCUT2D eigenvalue weighted by atomic mass is 10.1. The lowest BCUT2D eigenvalue weighted by molar-refractivity contribution is 0.122. The molecule has 0 aromatic carbocycles. The standard InChI is InChI=1S/C21H23N5O2/c1-15-19(17-2-3-18(23-14-17)16-4-10-27-11-5-16)26-7-6-22-20(21(26)24-15)25-8-12-28-13-9-25/h2-4,6-7,14H,5,8-13H2,1H3. The van der Waals surface area contributed by atoms with Crippen LogP contribution in [0.25, 0.3) is 22.5 Å². The van der Waals surface area contributed by atoms with Gasteiger partial charge in [-0.1, -0.05) is 6.08 Å². The van der Waals surface area contributed by atoms with Crippen molar-refractivity contribution in [1.29, 1.82) is 0 Å². The molecule has 0 atom stereocenters. The normalized spacial score (nSPS) is 17.8. The van der Waals surface area contributed by atoms with Gasteiger partial charge in [0, 0.05) is 37.2 Å². The highest BCUT2D eigenvalue weighted by molar-refractivity contribution is 5.74. The molecule has 0 radical (unpaired) electrons. The van der Waals surface area contributed by atoms with Crippen LogP contribution in [0, 0.1) is 6.92 Å². The van der Waals surface area contributed by atoms with Crippen molar-refractivity contribution in [3.63, 3.8) is 0 Å². The first-order valence-electron chi connectivity index (χ1n) is 9.71. The largest absolute Gasteiger partial charge is 0.378 e. The molecule has 5 heterocycles. The van der Waals surface area contributed by atoms with E-state index in [9.17, 15) is 0 Å². The Kier molecular flexibility index (Phi) is 4.54. The first-order chi connectivity index (χ1) is 13.8. The molecule has 1 saturated heterocycles. The molecule has 2 aliphatic heterocycles. The zero-order chi connectivity index (χ0) is 18.9. The summed E-state index contributed by atoms with van der Waals surface area (Å²) in [6.07, 6.45) is 8.79. The van der Waals surface area contributed by atoms with Gasteiger partial charge in [0.25, 0.3) is 0 Å². The van der Waals surface area contributed by atoms with Gasteiger partial charge in [-0.2, -0.15) is 0 Å². The average molecular weight is 377 g/mol. The van der Waals surface area contributed by atoms with Gasteiger partial charge in [0.2, 0.25) is 0 Å². The van der Waals surface area contributed by atoms with E-state index < -0.39 is 0 Å². The maximum atomic E-state index is 5.48. The topological polar surface area (TPSA) is 64.8 Å². The summed E-state index contributed by atoms with van der Waals surface area (Å²) < 4.78 is 13.0. The summed E-state index contributed by atoms with van der Waals surface area (Å²) in [7, 11) is 0. The third-order valence-corrected chi connectivity index (χ3v) is 5.34. The lowest BCUT2D eigenvalue weighted by Gasteiger charge is -2.27. The van der Waals surface area contributed by atoms with Crippen molar-refractivity contribution in [2.75, 3.05) is 44.4 Å². The zero-order valence-corrected chi connectivity index (χ0v) is 16.0. The number of imidazole rings is 1. The zero-order valence-electron chi connectivity index (χ0n) is 16.0. The minimum atomic E-state index is 0.669. The Bertz CT molecular complexity index is 1020. The van der Waals surface area contributed by atoms with E-state index in [4.69, 9.17) is 19.4 Å². The molecular formula is C21H23N5O2. The number of aromatic nitrogens is 4. The number of hydrogen-bond acceptors (Lipinski definition) is 6. The molecular weight excluding hydrogens is 354 g/mol. The number of anilines is 1. The van der Waals surface area contributed by atoms with Crippen molar-refractivity contribution in [3.05, 3.63) is 48.2 Å². The number of nitrogens with zero attached hydrogens (tertiary/aromatic N) is 5. The average Bonchev–Trinajstić information content (AvgIpc) is 3.11. The van der Waals surface area contributed by atoms with Crippen LogP contribution in [0.4, 0.5) is 5.82 Å². The van der Waals surface area contributed by atoms with E-state index in [0.29, 0.717) is 6.61 Å². The van der Waals surface area contributed by atoms with Gasteiger partial charge in [-0.3, -0.25) is 9.38 Å². The van der Waals surface area contributed by atoms with E-state index >= 15 is 0 Å². The molecule has 3 aromatic rings. The number of morpholine rings is 1. The summed E-state index contributed by atoms with van der Waals surface area (Å²) in [5.41, 5.74) is 6.25.